The van der Waals surface area contributed by atoms with E-state index in [2.05, 4.69) is 4.98 Å². The fraction of sp³-hybridized carbons (Fsp3) is 0.143. The standard InChI is InChI=1S/C14H13NO2/c1-10-8-11(9-16)5-6-12(10)14-13(17-2)4-3-7-15-14/h3-9H,1-2H3. The van der Waals surface area contributed by atoms with Gasteiger partial charge in [0, 0.05) is 17.3 Å². The van der Waals surface area contributed by atoms with Crippen LogP contribution in [0.15, 0.2) is 36.5 Å². The summed E-state index contributed by atoms with van der Waals surface area (Å²) in [6.07, 6.45) is 2.57. The Kier molecular flexibility index (Phi) is 3.19. The monoisotopic (exact) mass is 227 g/mol. The van der Waals surface area contributed by atoms with Gasteiger partial charge in [0.25, 0.3) is 0 Å². The van der Waals surface area contributed by atoms with Crippen LogP contribution in [0.5, 0.6) is 5.75 Å². The molecule has 0 spiro atoms. The van der Waals surface area contributed by atoms with Crippen LogP contribution in [-0.2, 0) is 0 Å². The van der Waals surface area contributed by atoms with Crippen molar-refractivity contribution in [1.29, 1.82) is 0 Å². The molecule has 0 N–H and O–H groups in total. The van der Waals surface area contributed by atoms with Crippen molar-refractivity contribution in [2.45, 2.75) is 6.92 Å². The third-order valence-corrected chi connectivity index (χ3v) is 2.63. The van der Waals surface area contributed by atoms with Gasteiger partial charge in [-0.05, 0) is 30.7 Å². The second-order valence-corrected chi connectivity index (χ2v) is 3.75. The number of hydrogen-bond donors (Lipinski definition) is 0. The lowest BCUT2D eigenvalue weighted by Gasteiger charge is -2.09. The molecule has 0 atom stereocenters. The molecule has 0 saturated heterocycles. The quantitative estimate of drug-likeness (QED) is 0.757. The molecule has 86 valence electrons. The minimum absolute atomic E-state index is 0.668. The molecule has 0 bridgehead atoms. The SMILES string of the molecule is COc1cccnc1-c1ccc(C=O)cc1C. The van der Waals surface area contributed by atoms with E-state index in [1.165, 1.54) is 0 Å². The molecule has 1 heterocycles. The molecule has 0 aliphatic rings. The van der Waals surface area contributed by atoms with Crippen LogP contribution in [0, 0.1) is 6.92 Å². The van der Waals surface area contributed by atoms with Gasteiger partial charge in [-0.3, -0.25) is 9.78 Å². The number of pyridine rings is 1. The first-order valence-corrected chi connectivity index (χ1v) is 5.31. The predicted octanol–water partition coefficient (Wildman–Crippen LogP) is 2.88. The maximum atomic E-state index is 10.7. The van der Waals surface area contributed by atoms with Crippen LogP contribution in [0.1, 0.15) is 15.9 Å². The van der Waals surface area contributed by atoms with Crippen LogP contribution in [0.4, 0.5) is 0 Å². The molecular formula is C14H13NO2. The highest BCUT2D eigenvalue weighted by molar-refractivity contribution is 5.79. The molecular weight excluding hydrogens is 214 g/mol. The van der Waals surface area contributed by atoms with E-state index in [-0.39, 0.29) is 0 Å². The number of benzene rings is 1. The number of aromatic nitrogens is 1. The number of nitrogens with zero attached hydrogens (tertiary/aromatic N) is 1. The van der Waals surface area contributed by atoms with Crippen LogP contribution in [0.3, 0.4) is 0 Å². The van der Waals surface area contributed by atoms with Crippen LogP contribution in [-0.4, -0.2) is 18.4 Å². The Balaban J connectivity index is 2.56. The Bertz CT molecular complexity index is 550. The molecule has 0 saturated carbocycles. The predicted molar refractivity (Wildman–Crippen MR) is 66.3 cm³/mol. The van der Waals surface area contributed by atoms with Crippen LogP contribution < -0.4 is 4.74 Å². The topological polar surface area (TPSA) is 39.2 Å². The number of hydrogen-bond acceptors (Lipinski definition) is 3. The highest BCUT2D eigenvalue weighted by Crippen LogP contribution is 2.29. The minimum atomic E-state index is 0.668. The van der Waals surface area contributed by atoms with Gasteiger partial charge in [0.1, 0.15) is 17.7 Å². The first kappa shape index (κ1) is 11.3. The number of ether oxygens (including phenoxy) is 1. The number of methoxy groups -OCH3 is 1. The van der Waals surface area contributed by atoms with E-state index in [4.69, 9.17) is 4.74 Å². The van der Waals surface area contributed by atoms with Gasteiger partial charge in [0.15, 0.2) is 0 Å². The molecule has 0 aliphatic heterocycles. The van der Waals surface area contributed by atoms with Gasteiger partial charge < -0.3 is 4.74 Å². The number of carbonyl (C=O) groups is 1. The highest BCUT2D eigenvalue weighted by Gasteiger charge is 2.09. The van der Waals surface area contributed by atoms with E-state index in [9.17, 15) is 4.79 Å². The lowest BCUT2D eigenvalue weighted by atomic mass is 10.0. The summed E-state index contributed by atoms with van der Waals surface area (Å²) in [6.45, 7) is 1.95. The summed E-state index contributed by atoms with van der Waals surface area (Å²) in [5.74, 6) is 0.731. The number of rotatable bonds is 3. The lowest BCUT2D eigenvalue weighted by molar-refractivity contribution is 0.112. The molecule has 0 fully saturated rings. The van der Waals surface area contributed by atoms with Crippen LogP contribution >= 0.6 is 0 Å². The largest absolute Gasteiger partial charge is 0.494 e. The zero-order valence-corrected chi connectivity index (χ0v) is 9.81. The summed E-state index contributed by atoms with van der Waals surface area (Å²) in [7, 11) is 1.62. The summed E-state index contributed by atoms with van der Waals surface area (Å²) >= 11 is 0. The Labute approximate surface area is 100 Å². The molecule has 0 unspecified atom stereocenters. The Morgan fingerprint density at radius 2 is 2.12 bits per heavy atom. The molecule has 2 rings (SSSR count). The summed E-state index contributed by atoms with van der Waals surface area (Å²) < 4.78 is 5.28. The third-order valence-electron chi connectivity index (χ3n) is 2.63. The fourth-order valence-electron chi connectivity index (χ4n) is 1.78. The van der Waals surface area contributed by atoms with Crippen molar-refractivity contribution in [3.8, 4) is 17.0 Å². The molecule has 0 aliphatic carbocycles. The van der Waals surface area contributed by atoms with Crippen LogP contribution in [0.2, 0.25) is 0 Å². The Hall–Kier alpha value is -2.16. The molecule has 3 heteroatoms. The first-order valence-electron chi connectivity index (χ1n) is 5.31. The first-order chi connectivity index (χ1) is 8.26. The van der Waals surface area contributed by atoms with Gasteiger partial charge in [0.05, 0.1) is 7.11 Å². The summed E-state index contributed by atoms with van der Waals surface area (Å²) in [5.41, 5.74) is 3.45. The second kappa shape index (κ2) is 4.78. The van der Waals surface area contributed by atoms with Crippen molar-refractivity contribution in [1.82, 2.24) is 4.98 Å². The second-order valence-electron chi connectivity index (χ2n) is 3.75. The van der Waals surface area contributed by atoms with Gasteiger partial charge in [0.2, 0.25) is 0 Å². The lowest BCUT2D eigenvalue weighted by Crippen LogP contribution is -1.93. The van der Waals surface area contributed by atoms with Crippen LogP contribution in [0.25, 0.3) is 11.3 Å². The maximum Gasteiger partial charge on any atom is 0.150 e. The van der Waals surface area contributed by atoms with E-state index in [0.29, 0.717) is 5.56 Å². The van der Waals surface area contributed by atoms with Crippen molar-refractivity contribution < 1.29 is 9.53 Å². The van der Waals surface area contributed by atoms with E-state index in [1.54, 1.807) is 19.4 Å². The van der Waals surface area contributed by atoms with Crippen molar-refractivity contribution in [2.75, 3.05) is 7.11 Å². The Morgan fingerprint density at radius 1 is 1.29 bits per heavy atom. The average Bonchev–Trinajstić information content (AvgIpc) is 2.38. The molecule has 17 heavy (non-hydrogen) atoms. The van der Waals surface area contributed by atoms with E-state index in [1.807, 2.05) is 31.2 Å². The molecule has 3 nitrogen and oxygen atoms in total. The molecule has 1 aromatic carbocycles. The van der Waals surface area contributed by atoms with Crippen molar-refractivity contribution in [3.05, 3.63) is 47.7 Å². The summed E-state index contributed by atoms with van der Waals surface area (Å²) in [4.78, 5) is 15.0. The van der Waals surface area contributed by atoms with Gasteiger partial charge in [-0.25, -0.2) is 0 Å². The van der Waals surface area contributed by atoms with Gasteiger partial charge in [-0.15, -0.1) is 0 Å². The van der Waals surface area contributed by atoms with Crippen molar-refractivity contribution in [2.24, 2.45) is 0 Å². The summed E-state index contributed by atoms with van der Waals surface area (Å²) in [5, 5.41) is 0. The summed E-state index contributed by atoms with van der Waals surface area (Å²) in [6, 6.07) is 9.22. The van der Waals surface area contributed by atoms with Gasteiger partial charge in [-0.2, -0.15) is 0 Å². The normalized spacial score (nSPS) is 10.0. The molecule has 0 radical (unpaired) electrons. The van der Waals surface area contributed by atoms with Gasteiger partial charge in [-0.1, -0.05) is 12.1 Å². The van der Waals surface area contributed by atoms with E-state index in [0.717, 1.165) is 28.9 Å². The maximum absolute atomic E-state index is 10.7. The third kappa shape index (κ3) is 2.18. The number of carbonyl (C=O) groups excluding carboxylic acids is 1. The zero-order chi connectivity index (χ0) is 12.3. The van der Waals surface area contributed by atoms with Crippen molar-refractivity contribution in [3.63, 3.8) is 0 Å². The molecule has 1 aromatic heterocycles. The molecule has 2 aromatic rings. The zero-order valence-electron chi connectivity index (χ0n) is 9.81. The number of aldehydes is 1. The number of aryl methyl sites for hydroxylation is 1. The smallest absolute Gasteiger partial charge is 0.150 e. The Morgan fingerprint density at radius 3 is 2.76 bits per heavy atom. The van der Waals surface area contributed by atoms with E-state index >= 15 is 0 Å². The van der Waals surface area contributed by atoms with E-state index < -0.39 is 0 Å². The minimum Gasteiger partial charge on any atom is -0.494 e. The van der Waals surface area contributed by atoms with Gasteiger partial charge >= 0.3 is 0 Å². The van der Waals surface area contributed by atoms with Crippen molar-refractivity contribution >= 4 is 6.29 Å². The fourth-order valence-corrected chi connectivity index (χ4v) is 1.78. The average molecular weight is 227 g/mol. The molecule has 0 amide bonds. The highest BCUT2D eigenvalue weighted by atomic mass is 16.5.